The molecule has 3 heterocycles. The quantitative estimate of drug-likeness (QED) is 0.713. The summed E-state index contributed by atoms with van der Waals surface area (Å²) in [5.41, 5.74) is 0.847. The Morgan fingerprint density at radius 2 is 2.06 bits per heavy atom. The van der Waals surface area contributed by atoms with Crippen molar-refractivity contribution in [3.05, 3.63) is 18.5 Å². The van der Waals surface area contributed by atoms with Gasteiger partial charge < -0.3 is 14.2 Å². The first-order chi connectivity index (χ1) is 7.84. The summed E-state index contributed by atoms with van der Waals surface area (Å²) in [6, 6.07) is 1.92. The van der Waals surface area contributed by atoms with Gasteiger partial charge >= 0.3 is 0 Å². The zero-order valence-electron chi connectivity index (χ0n) is 9.26. The van der Waals surface area contributed by atoms with E-state index in [2.05, 4.69) is 27.0 Å². The first kappa shape index (κ1) is 9.59. The molecule has 84 valence electrons. The number of likely N-dealkylation sites (N-methyl/N-ethyl adjacent to an activating group) is 1. The Balaban J connectivity index is 1.96. The van der Waals surface area contributed by atoms with Crippen LogP contribution >= 0.6 is 0 Å². The smallest absolute Gasteiger partial charge is 0.195 e. The van der Waals surface area contributed by atoms with Gasteiger partial charge in [0.05, 0.1) is 12.5 Å². The van der Waals surface area contributed by atoms with Crippen LogP contribution < -0.4 is 4.90 Å². The van der Waals surface area contributed by atoms with E-state index in [0.29, 0.717) is 0 Å². The lowest BCUT2D eigenvalue weighted by Gasteiger charge is -2.32. The lowest BCUT2D eigenvalue weighted by molar-refractivity contribution is 0.311. The van der Waals surface area contributed by atoms with Crippen molar-refractivity contribution in [3.63, 3.8) is 0 Å². The van der Waals surface area contributed by atoms with Gasteiger partial charge in [0.2, 0.25) is 0 Å². The van der Waals surface area contributed by atoms with Gasteiger partial charge in [0.1, 0.15) is 0 Å². The average molecular weight is 218 g/mol. The second-order valence-corrected chi connectivity index (χ2v) is 4.16. The second-order valence-electron chi connectivity index (χ2n) is 4.16. The second kappa shape index (κ2) is 3.75. The van der Waals surface area contributed by atoms with Crippen molar-refractivity contribution < 1.29 is 4.42 Å². The maximum absolute atomic E-state index is 5.47. The molecule has 0 amide bonds. The van der Waals surface area contributed by atoms with Crippen LogP contribution in [0.4, 0.5) is 5.82 Å². The van der Waals surface area contributed by atoms with Crippen molar-refractivity contribution in [2.45, 2.75) is 0 Å². The van der Waals surface area contributed by atoms with Gasteiger partial charge in [0, 0.05) is 31.6 Å². The monoisotopic (exact) mass is 218 g/mol. The maximum Gasteiger partial charge on any atom is 0.195 e. The summed E-state index contributed by atoms with van der Waals surface area (Å²) in [4.78, 5) is 4.55. The van der Waals surface area contributed by atoms with Gasteiger partial charge in [-0.2, -0.15) is 5.10 Å². The molecule has 2 aromatic heterocycles. The molecule has 0 aliphatic carbocycles. The Bertz CT molecular complexity index is 487. The normalized spacial score (nSPS) is 18.2. The molecular weight excluding hydrogens is 204 g/mol. The zero-order valence-corrected chi connectivity index (χ0v) is 9.26. The molecule has 3 rings (SSSR count). The van der Waals surface area contributed by atoms with Gasteiger partial charge in [0.15, 0.2) is 11.4 Å². The number of furan rings is 1. The molecule has 0 bridgehead atoms. The standard InChI is InChI=1S/C11H14N4O/c1-14-3-5-15(6-4-14)11-10-9(2-7-16-10)8-12-13-11/h2,7-8H,3-6H2,1H3. The van der Waals surface area contributed by atoms with Gasteiger partial charge in [-0.3, -0.25) is 0 Å². The van der Waals surface area contributed by atoms with E-state index in [9.17, 15) is 0 Å². The lowest BCUT2D eigenvalue weighted by Crippen LogP contribution is -2.44. The molecule has 1 saturated heterocycles. The largest absolute Gasteiger partial charge is 0.460 e. The van der Waals surface area contributed by atoms with E-state index < -0.39 is 0 Å². The fourth-order valence-corrected chi connectivity index (χ4v) is 2.02. The van der Waals surface area contributed by atoms with Crippen LogP contribution in [0.15, 0.2) is 22.9 Å². The molecule has 16 heavy (non-hydrogen) atoms. The molecule has 0 N–H and O–H groups in total. The highest BCUT2D eigenvalue weighted by molar-refractivity contribution is 5.86. The van der Waals surface area contributed by atoms with E-state index in [1.165, 1.54) is 0 Å². The third-order valence-corrected chi connectivity index (χ3v) is 3.05. The average Bonchev–Trinajstić information content (AvgIpc) is 2.78. The molecule has 0 spiro atoms. The third-order valence-electron chi connectivity index (χ3n) is 3.05. The predicted octanol–water partition coefficient (Wildman–Crippen LogP) is 0.975. The van der Waals surface area contributed by atoms with Crippen LogP contribution in [0.5, 0.6) is 0 Å². The summed E-state index contributed by atoms with van der Waals surface area (Å²) in [5.74, 6) is 0.871. The van der Waals surface area contributed by atoms with Crippen molar-refractivity contribution in [1.82, 2.24) is 15.1 Å². The number of nitrogens with zero attached hydrogens (tertiary/aromatic N) is 4. The van der Waals surface area contributed by atoms with E-state index in [-0.39, 0.29) is 0 Å². The van der Waals surface area contributed by atoms with Gasteiger partial charge in [-0.15, -0.1) is 5.10 Å². The number of hydrogen-bond donors (Lipinski definition) is 0. The molecule has 0 atom stereocenters. The minimum Gasteiger partial charge on any atom is -0.460 e. The molecule has 5 nitrogen and oxygen atoms in total. The van der Waals surface area contributed by atoms with Crippen LogP contribution in [0.1, 0.15) is 0 Å². The Morgan fingerprint density at radius 3 is 2.88 bits per heavy atom. The molecule has 2 aromatic rings. The van der Waals surface area contributed by atoms with Crippen LogP contribution in [0.3, 0.4) is 0 Å². The topological polar surface area (TPSA) is 45.4 Å². The Labute approximate surface area is 93.7 Å². The van der Waals surface area contributed by atoms with Gasteiger partial charge in [-0.25, -0.2) is 0 Å². The molecule has 0 saturated carbocycles. The summed E-state index contributed by atoms with van der Waals surface area (Å²) >= 11 is 0. The summed E-state index contributed by atoms with van der Waals surface area (Å²) in [5, 5.41) is 9.22. The molecule has 1 aliphatic heterocycles. The molecule has 0 unspecified atom stereocenters. The molecular formula is C11H14N4O. The number of aromatic nitrogens is 2. The van der Waals surface area contributed by atoms with Crippen LogP contribution in [0.25, 0.3) is 11.0 Å². The number of fused-ring (bicyclic) bond motifs is 1. The van der Waals surface area contributed by atoms with Crippen molar-refractivity contribution in [2.75, 3.05) is 38.1 Å². The van der Waals surface area contributed by atoms with Crippen LogP contribution in [0, 0.1) is 0 Å². The molecule has 1 fully saturated rings. The summed E-state index contributed by atoms with van der Waals surface area (Å²) in [7, 11) is 2.14. The van der Waals surface area contributed by atoms with Crippen LogP contribution in [0.2, 0.25) is 0 Å². The van der Waals surface area contributed by atoms with Crippen molar-refractivity contribution >= 4 is 16.8 Å². The molecule has 1 aliphatic rings. The number of hydrogen-bond acceptors (Lipinski definition) is 5. The summed E-state index contributed by atoms with van der Waals surface area (Å²) < 4.78 is 5.47. The maximum atomic E-state index is 5.47. The highest BCUT2D eigenvalue weighted by Crippen LogP contribution is 2.24. The predicted molar refractivity (Wildman–Crippen MR) is 61.5 cm³/mol. The molecule has 0 aromatic carbocycles. The van der Waals surface area contributed by atoms with Crippen molar-refractivity contribution in [2.24, 2.45) is 0 Å². The van der Waals surface area contributed by atoms with Gasteiger partial charge in [-0.1, -0.05) is 0 Å². The number of rotatable bonds is 1. The highest BCUT2D eigenvalue weighted by atomic mass is 16.3. The van der Waals surface area contributed by atoms with Crippen LogP contribution in [-0.4, -0.2) is 48.3 Å². The SMILES string of the molecule is CN1CCN(c2nncc3ccoc23)CC1. The van der Waals surface area contributed by atoms with E-state index >= 15 is 0 Å². The van der Waals surface area contributed by atoms with Crippen molar-refractivity contribution in [1.29, 1.82) is 0 Å². The number of piperazine rings is 1. The lowest BCUT2D eigenvalue weighted by atomic mass is 10.3. The van der Waals surface area contributed by atoms with E-state index in [0.717, 1.165) is 43.0 Å². The molecule has 0 radical (unpaired) electrons. The van der Waals surface area contributed by atoms with E-state index in [1.807, 2.05) is 6.07 Å². The van der Waals surface area contributed by atoms with E-state index in [4.69, 9.17) is 4.42 Å². The fourth-order valence-electron chi connectivity index (χ4n) is 2.02. The first-order valence-corrected chi connectivity index (χ1v) is 5.47. The van der Waals surface area contributed by atoms with Gasteiger partial charge in [-0.05, 0) is 13.1 Å². The molecule has 5 heteroatoms. The van der Waals surface area contributed by atoms with E-state index in [1.54, 1.807) is 12.5 Å². The first-order valence-electron chi connectivity index (χ1n) is 5.47. The van der Waals surface area contributed by atoms with Crippen LogP contribution in [-0.2, 0) is 0 Å². The summed E-state index contributed by atoms with van der Waals surface area (Å²) in [6.45, 7) is 4.06. The summed E-state index contributed by atoms with van der Waals surface area (Å²) in [6.07, 6.45) is 3.42. The Kier molecular flexibility index (Phi) is 2.25. The minimum absolute atomic E-state index is 0.847. The Hall–Kier alpha value is -1.62. The zero-order chi connectivity index (χ0) is 11.0. The highest BCUT2D eigenvalue weighted by Gasteiger charge is 2.19. The Morgan fingerprint density at radius 1 is 1.25 bits per heavy atom. The van der Waals surface area contributed by atoms with Crippen molar-refractivity contribution in [3.8, 4) is 0 Å². The fraction of sp³-hybridized carbons (Fsp3) is 0.455. The number of anilines is 1. The minimum atomic E-state index is 0.847. The third kappa shape index (κ3) is 1.53. The van der Waals surface area contributed by atoms with Gasteiger partial charge in [0.25, 0.3) is 0 Å².